The molecule has 1 unspecified atom stereocenters. The summed E-state index contributed by atoms with van der Waals surface area (Å²) in [6, 6.07) is 12.2. The van der Waals surface area contributed by atoms with E-state index in [0.29, 0.717) is 5.56 Å². The van der Waals surface area contributed by atoms with E-state index in [4.69, 9.17) is 0 Å². The number of aliphatic hydroxyl groups is 1. The Kier molecular flexibility index (Phi) is 5.33. The zero-order chi connectivity index (χ0) is 21.3. The van der Waals surface area contributed by atoms with Gasteiger partial charge in [-0.15, -0.1) is 0 Å². The number of aromatic amines is 1. The molecule has 4 aromatic rings. The highest BCUT2D eigenvalue weighted by Gasteiger charge is 2.20. The van der Waals surface area contributed by atoms with Crippen molar-refractivity contribution >= 4 is 16.9 Å². The highest BCUT2D eigenvalue weighted by molar-refractivity contribution is 5.96. The van der Waals surface area contributed by atoms with Crippen molar-refractivity contribution in [3.8, 4) is 22.3 Å². The number of aryl methyl sites for hydroxylation is 1. The molecule has 3 aromatic heterocycles. The van der Waals surface area contributed by atoms with Crippen LogP contribution in [0.15, 0.2) is 61.2 Å². The minimum atomic E-state index is -1.25. The lowest BCUT2D eigenvalue weighted by molar-refractivity contribution is -0.137. The van der Waals surface area contributed by atoms with Gasteiger partial charge in [-0.05, 0) is 29.7 Å². The molecular weight excluding hydrogens is 376 g/mol. The number of pyridine rings is 2. The molecule has 4 rings (SSSR count). The molecule has 1 amide bonds. The summed E-state index contributed by atoms with van der Waals surface area (Å²) in [4.78, 5) is 25.6. The normalized spacial score (nSPS) is 12.1. The molecule has 0 saturated heterocycles. The monoisotopic (exact) mass is 400 g/mol. The zero-order valence-electron chi connectivity index (χ0n) is 17.3. The lowest BCUT2D eigenvalue weighted by Crippen LogP contribution is -2.28. The maximum absolute atomic E-state index is 12.1. The van der Waals surface area contributed by atoms with Crippen LogP contribution in [-0.2, 0) is 11.2 Å². The van der Waals surface area contributed by atoms with Gasteiger partial charge in [-0.25, -0.2) is 4.98 Å². The number of fused-ring (bicyclic) bond motifs is 1. The molecule has 3 heterocycles. The van der Waals surface area contributed by atoms with Gasteiger partial charge in [0.15, 0.2) is 6.10 Å². The molecule has 30 heavy (non-hydrogen) atoms. The van der Waals surface area contributed by atoms with Crippen LogP contribution in [0, 0.1) is 0 Å². The predicted octanol–water partition coefficient (Wildman–Crippen LogP) is 3.98. The van der Waals surface area contributed by atoms with E-state index in [0.717, 1.165) is 34.1 Å². The van der Waals surface area contributed by atoms with Crippen molar-refractivity contribution < 1.29 is 9.90 Å². The van der Waals surface area contributed by atoms with Crippen LogP contribution >= 0.6 is 0 Å². The summed E-state index contributed by atoms with van der Waals surface area (Å²) in [6.07, 6.45) is 6.69. The van der Waals surface area contributed by atoms with Gasteiger partial charge in [-0.1, -0.05) is 31.2 Å². The number of carbonyl (C=O) groups is 1. The molecule has 1 atom stereocenters. The number of benzene rings is 1. The number of aliphatic hydroxyl groups excluding tert-OH is 1. The molecule has 6 heteroatoms. The standard InChI is InChI=1S/C24H24N4O2/c1-4-15-7-5-6-8-19(15)21-14-27-23-20(21)10-17(13-26-23)16-9-18(12-25-11-16)22(29)24(30)28(2)3/h5-14,22,29H,4H2,1-3H3,(H,26,27). The fourth-order valence-corrected chi connectivity index (χ4v) is 3.63. The van der Waals surface area contributed by atoms with Crippen LogP contribution in [-0.4, -0.2) is 45.0 Å². The molecule has 0 fully saturated rings. The Morgan fingerprint density at radius 1 is 1.10 bits per heavy atom. The first-order valence-electron chi connectivity index (χ1n) is 9.89. The second-order valence-corrected chi connectivity index (χ2v) is 7.48. The van der Waals surface area contributed by atoms with Crippen LogP contribution in [0.1, 0.15) is 24.2 Å². The highest BCUT2D eigenvalue weighted by Crippen LogP contribution is 2.33. The topological polar surface area (TPSA) is 82.1 Å². The predicted molar refractivity (Wildman–Crippen MR) is 118 cm³/mol. The number of amides is 1. The maximum Gasteiger partial charge on any atom is 0.255 e. The molecule has 0 bridgehead atoms. The van der Waals surface area contributed by atoms with Crippen molar-refractivity contribution in [3.63, 3.8) is 0 Å². The summed E-state index contributed by atoms with van der Waals surface area (Å²) in [5.74, 6) is -0.383. The molecule has 0 radical (unpaired) electrons. The largest absolute Gasteiger partial charge is 0.378 e. The van der Waals surface area contributed by atoms with E-state index in [9.17, 15) is 9.90 Å². The van der Waals surface area contributed by atoms with Crippen LogP contribution < -0.4 is 0 Å². The minimum absolute atomic E-state index is 0.383. The average molecular weight is 400 g/mol. The number of rotatable bonds is 5. The van der Waals surface area contributed by atoms with Crippen molar-refractivity contribution in [3.05, 3.63) is 72.3 Å². The Morgan fingerprint density at radius 2 is 1.87 bits per heavy atom. The Balaban J connectivity index is 1.78. The number of H-pyrrole nitrogens is 1. The van der Waals surface area contributed by atoms with Crippen molar-refractivity contribution in [2.75, 3.05) is 14.1 Å². The first-order valence-corrected chi connectivity index (χ1v) is 9.89. The number of likely N-dealkylation sites (N-methyl/N-ethyl adjacent to an activating group) is 1. The van der Waals surface area contributed by atoms with Crippen molar-refractivity contribution in [1.82, 2.24) is 19.9 Å². The average Bonchev–Trinajstić information content (AvgIpc) is 3.21. The van der Waals surface area contributed by atoms with Gasteiger partial charge < -0.3 is 15.0 Å². The summed E-state index contributed by atoms with van der Waals surface area (Å²) in [6.45, 7) is 2.15. The highest BCUT2D eigenvalue weighted by atomic mass is 16.3. The van der Waals surface area contributed by atoms with Crippen LogP contribution in [0.2, 0.25) is 0 Å². The molecule has 0 aliphatic carbocycles. The van der Waals surface area contributed by atoms with Crippen LogP contribution in [0.3, 0.4) is 0 Å². The van der Waals surface area contributed by atoms with Crippen LogP contribution in [0.5, 0.6) is 0 Å². The molecule has 1 aromatic carbocycles. The Labute approximate surface area is 175 Å². The van der Waals surface area contributed by atoms with E-state index >= 15 is 0 Å². The van der Waals surface area contributed by atoms with E-state index < -0.39 is 6.10 Å². The molecule has 2 N–H and O–H groups in total. The van der Waals surface area contributed by atoms with Gasteiger partial charge in [0.2, 0.25) is 0 Å². The van der Waals surface area contributed by atoms with Gasteiger partial charge in [-0.2, -0.15) is 0 Å². The fraction of sp³-hybridized carbons (Fsp3) is 0.208. The third-order valence-electron chi connectivity index (χ3n) is 5.30. The van der Waals surface area contributed by atoms with Gasteiger partial charge in [0.1, 0.15) is 5.65 Å². The van der Waals surface area contributed by atoms with Crippen molar-refractivity contribution in [2.24, 2.45) is 0 Å². The SMILES string of the molecule is CCc1ccccc1-c1c[nH]c2ncc(-c3cncc(C(O)C(=O)N(C)C)c3)cc12. The number of nitrogens with zero attached hydrogens (tertiary/aromatic N) is 3. The quantitative estimate of drug-likeness (QED) is 0.531. The van der Waals surface area contributed by atoms with E-state index in [1.807, 2.05) is 12.3 Å². The van der Waals surface area contributed by atoms with Gasteiger partial charge in [-0.3, -0.25) is 9.78 Å². The lowest BCUT2D eigenvalue weighted by Gasteiger charge is -2.16. The van der Waals surface area contributed by atoms with Gasteiger partial charge in [0, 0.05) is 66.5 Å². The first kappa shape index (κ1) is 19.8. The minimum Gasteiger partial charge on any atom is -0.378 e. The summed E-state index contributed by atoms with van der Waals surface area (Å²) in [5.41, 5.74) is 6.49. The summed E-state index contributed by atoms with van der Waals surface area (Å²) < 4.78 is 0. The van der Waals surface area contributed by atoms with E-state index in [1.165, 1.54) is 22.2 Å². The molecule has 0 aliphatic heterocycles. The second kappa shape index (κ2) is 8.08. The molecule has 6 nitrogen and oxygen atoms in total. The van der Waals surface area contributed by atoms with Crippen molar-refractivity contribution in [2.45, 2.75) is 19.4 Å². The molecule has 0 saturated carbocycles. The summed E-state index contributed by atoms with van der Waals surface area (Å²) in [5, 5.41) is 11.4. The smallest absolute Gasteiger partial charge is 0.255 e. The van der Waals surface area contributed by atoms with Gasteiger partial charge >= 0.3 is 0 Å². The maximum atomic E-state index is 12.1. The van der Waals surface area contributed by atoms with E-state index in [2.05, 4.69) is 46.1 Å². The number of aromatic nitrogens is 3. The molecule has 0 aliphatic rings. The number of hydrogen-bond acceptors (Lipinski definition) is 4. The summed E-state index contributed by atoms with van der Waals surface area (Å²) >= 11 is 0. The molecule has 152 valence electrons. The number of carbonyl (C=O) groups excluding carboxylic acids is 1. The number of nitrogens with one attached hydrogen (secondary N) is 1. The second-order valence-electron chi connectivity index (χ2n) is 7.48. The van der Waals surface area contributed by atoms with Crippen LogP contribution in [0.4, 0.5) is 0 Å². The van der Waals surface area contributed by atoms with Gasteiger partial charge in [0.25, 0.3) is 5.91 Å². The van der Waals surface area contributed by atoms with Crippen molar-refractivity contribution in [1.29, 1.82) is 0 Å². The van der Waals surface area contributed by atoms with E-state index in [-0.39, 0.29) is 5.91 Å². The third-order valence-corrected chi connectivity index (χ3v) is 5.30. The van der Waals surface area contributed by atoms with E-state index in [1.54, 1.807) is 32.6 Å². The molecule has 0 spiro atoms. The van der Waals surface area contributed by atoms with Gasteiger partial charge in [0.05, 0.1) is 0 Å². The zero-order valence-corrected chi connectivity index (χ0v) is 17.3. The third kappa shape index (κ3) is 3.57. The van der Waals surface area contributed by atoms with Crippen LogP contribution in [0.25, 0.3) is 33.3 Å². The Hall–Kier alpha value is -3.51. The summed E-state index contributed by atoms with van der Waals surface area (Å²) in [7, 11) is 3.23. The lowest BCUT2D eigenvalue weighted by atomic mass is 9.97. The Morgan fingerprint density at radius 3 is 2.63 bits per heavy atom. The first-order chi connectivity index (χ1) is 14.5. The molecular formula is C24H24N4O2. The Bertz CT molecular complexity index is 1210. The number of hydrogen-bond donors (Lipinski definition) is 2. The fourth-order valence-electron chi connectivity index (χ4n) is 3.63.